The number of primary amides is 1. The van der Waals surface area contributed by atoms with Crippen molar-refractivity contribution in [3.05, 3.63) is 29.3 Å². The molecule has 1 aliphatic heterocycles. The first kappa shape index (κ1) is 14.3. The number of esters is 1. The molecule has 0 radical (unpaired) electrons. The molecule has 1 aromatic rings. The van der Waals surface area contributed by atoms with E-state index >= 15 is 0 Å². The molecule has 1 fully saturated rings. The lowest BCUT2D eigenvalue weighted by Crippen LogP contribution is -2.26. The number of benzene rings is 1. The van der Waals surface area contributed by atoms with Crippen molar-refractivity contribution in [3.63, 3.8) is 0 Å². The number of methoxy groups -OCH3 is 1. The molecule has 1 amide bonds. The number of anilines is 1. The summed E-state index contributed by atoms with van der Waals surface area (Å²) in [5, 5.41) is 0. The van der Waals surface area contributed by atoms with E-state index in [9.17, 15) is 18.0 Å². The summed E-state index contributed by atoms with van der Waals surface area (Å²) in [6.45, 7) is 0.311. The Bertz CT molecular complexity index is 668. The van der Waals surface area contributed by atoms with Crippen LogP contribution in [0.25, 0.3) is 0 Å². The molecular weight excluding hydrogens is 284 g/mol. The Morgan fingerprint density at radius 2 is 1.90 bits per heavy atom. The maximum atomic E-state index is 11.9. The summed E-state index contributed by atoms with van der Waals surface area (Å²) in [6, 6.07) is 4.01. The lowest BCUT2D eigenvalue weighted by Gasteiger charge is -2.18. The largest absolute Gasteiger partial charge is 0.465 e. The predicted octanol–water partition coefficient (Wildman–Crippen LogP) is 0.112. The third kappa shape index (κ3) is 2.60. The summed E-state index contributed by atoms with van der Waals surface area (Å²) in [5.74, 6) is -1.36. The maximum absolute atomic E-state index is 11.9. The average molecular weight is 298 g/mol. The van der Waals surface area contributed by atoms with Crippen molar-refractivity contribution >= 4 is 27.6 Å². The predicted molar refractivity (Wildman–Crippen MR) is 72.0 cm³/mol. The minimum atomic E-state index is -3.40. The van der Waals surface area contributed by atoms with E-state index in [-0.39, 0.29) is 22.6 Å². The van der Waals surface area contributed by atoms with Crippen LogP contribution in [-0.2, 0) is 14.8 Å². The molecule has 7 nitrogen and oxygen atoms in total. The smallest absolute Gasteiger partial charge is 0.337 e. The van der Waals surface area contributed by atoms with Gasteiger partial charge in [0.25, 0.3) is 0 Å². The molecule has 1 aliphatic rings. The van der Waals surface area contributed by atoms with E-state index in [2.05, 4.69) is 4.74 Å². The van der Waals surface area contributed by atoms with Gasteiger partial charge in [-0.25, -0.2) is 13.2 Å². The van der Waals surface area contributed by atoms with Crippen molar-refractivity contribution < 1.29 is 22.7 Å². The molecular formula is C12H14N2O5S. The Labute approximate surface area is 116 Å². The number of nitrogens with zero attached hydrogens (tertiary/aromatic N) is 1. The quantitative estimate of drug-likeness (QED) is 0.797. The highest BCUT2D eigenvalue weighted by Gasteiger charge is 2.29. The van der Waals surface area contributed by atoms with Gasteiger partial charge in [0.05, 0.1) is 24.1 Å². The van der Waals surface area contributed by atoms with Gasteiger partial charge in [0.1, 0.15) is 0 Å². The van der Waals surface area contributed by atoms with Crippen LogP contribution in [0.2, 0.25) is 0 Å². The Hall–Kier alpha value is -2.09. The topological polar surface area (TPSA) is 107 Å². The fraction of sp³-hybridized carbons (Fsp3) is 0.333. The fourth-order valence-electron chi connectivity index (χ4n) is 2.06. The van der Waals surface area contributed by atoms with Crippen LogP contribution in [0, 0.1) is 0 Å². The molecule has 0 atom stereocenters. The summed E-state index contributed by atoms with van der Waals surface area (Å²) in [7, 11) is -2.20. The molecule has 0 aliphatic carbocycles. The van der Waals surface area contributed by atoms with E-state index in [1.54, 1.807) is 0 Å². The highest BCUT2D eigenvalue weighted by molar-refractivity contribution is 7.93. The molecule has 108 valence electrons. The third-order valence-electron chi connectivity index (χ3n) is 3.01. The van der Waals surface area contributed by atoms with E-state index in [0.29, 0.717) is 13.0 Å². The third-order valence-corrected chi connectivity index (χ3v) is 4.88. The number of carbonyl (C=O) groups excluding carboxylic acids is 2. The van der Waals surface area contributed by atoms with Crippen molar-refractivity contribution in [2.45, 2.75) is 6.42 Å². The van der Waals surface area contributed by atoms with Gasteiger partial charge in [-0.2, -0.15) is 0 Å². The van der Waals surface area contributed by atoms with Crippen LogP contribution in [0.5, 0.6) is 0 Å². The van der Waals surface area contributed by atoms with Gasteiger partial charge in [-0.3, -0.25) is 9.10 Å². The first-order chi connectivity index (χ1) is 9.35. The molecule has 2 N–H and O–H groups in total. The summed E-state index contributed by atoms with van der Waals surface area (Å²) < 4.78 is 29.5. The zero-order valence-electron chi connectivity index (χ0n) is 10.8. The second-order valence-electron chi connectivity index (χ2n) is 4.37. The molecule has 0 bridgehead atoms. The summed E-state index contributed by atoms with van der Waals surface area (Å²) in [6.07, 6.45) is 0.497. The molecule has 20 heavy (non-hydrogen) atoms. The molecule has 0 saturated carbocycles. The Morgan fingerprint density at radius 3 is 2.40 bits per heavy atom. The minimum absolute atomic E-state index is 0.0430. The second kappa shape index (κ2) is 5.12. The molecule has 2 rings (SSSR count). The normalized spacial score (nSPS) is 16.9. The molecule has 8 heteroatoms. The van der Waals surface area contributed by atoms with E-state index < -0.39 is 21.9 Å². The number of amides is 1. The van der Waals surface area contributed by atoms with Crippen molar-refractivity contribution in [2.75, 3.05) is 23.7 Å². The van der Waals surface area contributed by atoms with Crippen LogP contribution in [0.15, 0.2) is 18.2 Å². The van der Waals surface area contributed by atoms with Crippen molar-refractivity contribution in [3.8, 4) is 0 Å². The van der Waals surface area contributed by atoms with Crippen LogP contribution >= 0.6 is 0 Å². The van der Waals surface area contributed by atoms with Gasteiger partial charge in [-0.1, -0.05) is 0 Å². The lowest BCUT2D eigenvalue weighted by molar-refractivity contribution is 0.0600. The number of ether oxygens (including phenoxy) is 1. The van der Waals surface area contributed by atoms with Crippen LogP contribution < -0.4 is 10.0 Å². The van der Waals surface area contributed by atoms with Crippen LogP contribution in [0.1, 0.15) is 27.1 Å². The fourth-order valence-corrected chi connectivity index (χ4v) is 3.61. The number of rotatable bonds is 3. The van der Waals surface area contributed by atoms with Gasteiger partial charge >= 0.3 is 5.97 Å². The first-order valence-corrected chi connectivity index (χ1v) is 7.49. The Morgan fingerprint density at radius 1 is 1.25 bits per heavy atom. The summed E-state index contributed by atoms with van der Waals surface area (Å²) in [4.78, 5) is 22.9. The first-order valence-electron chi connectivity index (χ1n) is 5.89. The zero-order valence-corrected chi connectivity index (χ0v) is 11.6. The highest BCUT2D eigenvalue weighted by atomic mass is 32.2. The lowest BCUT2D eigenvalue weighted by atomic mass is 10.1. The number of nitrogens with two attached hydrogens (primary N) is 1. The van der Waals surface area contributed by atoms with E-state index in [0.717, 1.165) is 0 Å². The molecule has 0 spiro atoms. The highest BCUT2D eigenvalue weighted by Crippen LogP contribution is 2.26. The van der Waals surface area contributed by atoms with Crippen molar-refractivity contribution in [1.29, 1.82) is 0 Å². The van der Waals surface area contributed by atoms with Gasteiger partial charge < -0.3 is 10.5 Å². The monoisotopic (exact) mass is 298 g/mol. The zero-order chi connectivity index (χ0) is 14.9. The van der Waals surface area contributed by atoms with Crippen molar-refractivity contribution in [2.24, 2.45) is 5.73 Å². The number of hydrogen-bond acceptors (Lipinski definition) is 5. The van der Waals surface area contributed by atoms with Gasteiger partial charge in [-0.05, 0) is 24.6 Å². The average Bonchev–Trinajstić information content (AvgIpc) is 2.76. The van der Waals surface area contributed by atoms with Gasteiger partial charge in [0.2, 0.25) is 15.9 Å². The van der Waals surface area contributed by atoms with E-state index in [4.69, 9.17) is 5.73 Å². The molecule has 0 aromatic heterocycles. The van der Waals surface area contributed by atoms with Crippen LogP contribution in [-0.4, -0.2) is 39.7 Å². The molecule has 1 aromatic carbocycles. The molecule has 0 unspecified atom stereocenters. The van der Waals surface area contributed by atoms with Gasteiger partial charge in [0, 0.05) is 12.1 Å². The van der Waals surface area contributed by atoms with Crippen molar-refractivity contribution in [1.82, 2.24) is 0 Å². The molecule has 1 heterocycles. The van der Waals surface area contributed by atoms with Gasteiger partial charge in [0.15, 0.2) is 0 Å². The maximum Gasteiger partial charge on any atom is 0.337 e. The van der Waals surface area contributed by atoms with E-state index in [1.807, 2.05) is 0 Å². The minimum Gasteiger partial charge on any atom is -0.465 e. The second-order valence-corrected chi connectivity index (χ2v) is 6.38. The summed E-state index contributed by atoms with van der Waals surface area (Å²) >= 11 is 0. The standard InChI is InChI=1S/C12H14N2O5S/c1-19-12(16)9-5-8(11(13)15)6-10(7-9)14-3-2-4-20(14,17)18/h5-7H,2-4H2,1H3,(H2,13,15). The number of hydrogen-bond donors (Lipinski definition) is 1. The van der Waals surface area contributed by atoms with E-state index in [1.165, 1.54) is 29.6 Å². The SMILES string of the molecule is COC(=O)c1cc(C(N)=O)cc(N2CCCS2(=O)=O)c1. The number of sulfonamides is 1. The Kier molecular flexibility index (Phi) is 3.67. The van der Waals surface area contributed by atoms with Gasteiger partial charge in [-0.15, -0.1) is 0 Å². The molecule has 1 saturated heterocycles. The Balaban J connectivity index is 2.55. The van der Waals surface area contributed by atoms with Crippen LogP contribution in [0.4, 0.5) is 5.69 Å². The van der Waals surface area contributed by atoms with Crippen LogP contribution in [0.3, 0.4) is 0 Å². The number of carbonyl (C=O) groups is 2. The summed E-state index contributed by atoms with van der Waals surface area (Å²) in [5.41, 5.74) is 5.59.